The molecule has 2 amide bonds. The number of benzene rings is 2. The Morgan fingerprint density at radius 1 is 0.742 bits per heavy atom. The molecule has 0 atom stereocenters. The van der Waals surface area contributed by atoms with E-state index in [1.807, 2.05) is 35.2 Å². The van der Waals surface area contributed by atoms with E-state index in [0.717, 1.165) is 72.9 Å². The van der Waals surface area contributed by atoms with Crippen LogP contribution in [0, 0.1) is 23.2 Å². The van der Waals surface area contributed by atoms with E-state index in [-0.39, 0.29) is 11.3 Å². The Morgan fingerprint density at radius 2 is 1.35 bits per heavy atom. The monoisotopic (exact) mass is 416 g/mol. The van der Waals surface area contributed by atoms with Crippen molar-refractivity contribution in [2.24, 2.45) is 23.2 Å². The third kappa shape index (κ3) is 3.26. The van der Waals surface area contributed by atoms with E-state index in [4.69, 9.17) is 0 Å². The summed E-state index contributed by atoms with van der Waals surface area (Å²) in [6.45, 7) is 2.84. The number of carbonyl (C=O) groups is 2. The van der Waals surface area contributed by atoms with Crippen LogP contribution in [0.25, 0.3) is 10.8 Å². The fraction of sp³-hybridized carbons (Fsp3) is 0.556. The van der Waals surface area contributed by atoms with E-state index in [9.17, 15) is 9.59 Å². The zero-order valence-electron chi connectivity index (χ0n) is 18.3. The molecule has 1 heterocycles. The zero-order valence-corrected chi connectivity index (χ0v) is 18.3. The van der Waals surface area contributed by atoms with Crippen molar-refractivity contribution in [1.29, 1.82) is 0 Å². The lowest BCUT2D eigenvalue weighted by Gasteiger charge is -2.56. The van der Waals surface area contributed by atoms with Crippen molar-refractivity contribution in [3.63, 3.8) is 0 Å². The molecular formula is C27H32N2O2. The van der Waals surface area contributed by atoms with Gasteiger partial charge in [0.15, 0.2) is 0 Å². The van der Waals surface area contributed by atoms with Gasteiger partial charge >= 0.3 is 0 Å². The number of hydrogen-bond acceptors (Lipinski definition) is 2. The van der Waals surface area contributed by atoms with Crippen LogP contribution in [-0.4, -0.2) is 47.8 Å². The predicted molar refractivity (Wildman–Crippen MR) is 122 cm³/mol. The van der Waals surface area contributed by atoms with Gasteiger partial charge in [-0.2, -0.15) is 0 Å². The third-order valence-corrected chi connectivity index (χ3v) is 8.58. The lowest BCUT2D eigenvalue weighted by Crippen LogP contribution is -2.55. The van der Waals surface area contributed by atoms with E-state index >= 15 is 0 Å². The quantitative estimate of drug-likeness (QED) is 0.710. The van der Waals surface area contributed by atoms with Crippen LogP contribution in [0.3, 0.4) is 0 Å². The van der Waals surface area contributed by atoms with Gasteiger partial charge in [-0.1, -0.05) is 36.4 Å². The van der Waals surface area contributed by atoms with E-state index in [2.05, 4.69) is 17.0 Å². The highest BCUT2D eigenvalue weighted by molar-refractivity contribution is 6.07. The van der Waals surface area contributed by atoms with Crippen molar-refractivity contribution in [2.45, 2.75) is 44.9 Å². The van der Waals surface area contributed by atoms with Crippen molar-refractivity contribution in [1.82, 2.24) is 9.80 Å². The second kappa shape index (κ2) is 7.36. The minimum atomic E-state index is -0.0798. The summed E-state index contributed by atoms with van der Waals surface area (Å²) in [6.07, 6.45) is 8.31. The maximum Gasteiger partial charge on any atom is 0.254 e. The molecule has 7 rings (SSSR count). The predicted octanol–water partition coefficient (Wildman–Crippen LogP) is 4.73. The molecule has 1 aliphatic heterocycles. The number of hydrogen-bond donors (Lipinski definition) is 0. The maximum atomic E-state index is 13.7. The molecule has 4 saturated carbocycles. The lowest BCUT2D eigenvalue weighted by atomic mass is 9.49. The van der Waals surface area contributed by atoms with E-state index in [1.165, 1.54) is 19.3 Å². The highest BCUT2D eigenvalue weighted by atomic mass is 16.2. The molecule has 0 radical (unpaired) electrons. The number of nitrogens with zero attached hydrogens (tertiary/aromatic N) is 2. The molecule has 4 heteroatoms. The van der Waals surface area contributed by atoms with Gasteiger partial charge in [0, 0.05) is 31.7 Å². The summed E-state index contributed by atoms with van der Waals surface area (Å²) in [5, 5.41) is 2.11. The summed E-state index contributed by atoms with van der Waals surface area (Å²) in [7, 11) is 0. The molecule has 1 saturated heterocycles. The van der Waals surface area contributed by atoms with Crippen LogP contribution in [0.5, 0.6) is 0 Å². The summed E-state index contributed by atoms with van der Waals surface area (Å²) in [5.74, 6) is 2.86. The number of fused-ring (bicyclic) bond motifs is 1. The molecule has 5 aliphatic rings. The van der Waals surface area contributed by atoms with Gasteiger partial charge in [0.05, 0.1) is 5.41 Å². The van der Waals surface area contributed by atoms with Crippen molar-refractivity contribution in [3.05, 3.63) is 48.0 Å². The molecule has 4 nitrogen and oxygen atoms in total. The van der Waals surface area contributed by atoms with Crippen molar-refractivity contribution < 1.29 is 9.59 Å². The summed E-state index contributed by atoms with van der Waals surface area (Å²) in [6, 6.07) is 14.1. The van der Waals surface area contributed by atoms with Crippen LogP contribution in [0.15, 0.2) is 42.5 Å². The second-order valence-corrected chi connectivity index (χ2v) is 10.7. The fourth-order valence-corrected chi connectivity index (χ4v) is 7.61. The Hall–Kier alpha value is -2.36. The van der Waals surface area contributed by atoms with E-state index in [1.54, 1.807) is 0 Å². The average Bonchev–Trinajstić information content (AvgIpc) is 3.03. The Labute approximate surface area is 184 Å². The Bertz CT molecular complexity index is 988. The van der Waals surface area contributed by atoms with Gasteiger partial charge in [-0.3, -0.25) is 9.59 Å². The van der Waals surface area contributed by atoms with Crippen LogP contribution in [-0.2, 0) is 4.79 Å². The maximum absolute atomic E-state index is 13.7. The van der Waals surface area contributed by atoms with Crippen LogP contribution >= 0.6 is 0 Å². The molecule has 31 heavy (non-hydrogen) atoms. The molecule has 162 valence electrons. The van der Waals surface area contributed by atoms with Crippen LogP contribution in [0.1, 0.15) is 55.3 Å². The Kier molecular flexibility index (Phi) is 4.59. The molecule has 0 aromatic heterocycles. The second-order valence-electron chi connectivity index (χ2n) is 10.7. The molecular weight excluding hydrogens is 384 g/mol. The molecule has 4 aliphatic carbocycles. The zero-order chi connectivity index (χ0) is 21.0. The van der Waals surface area contributed by atoms with Gasteiger partial charge < -0.3 is 9.80 Å². The lowest BCUT2D eigenvalue weighted by molar-refractivity contribution is -0.157. The normalized spacial score (nSPS) is 32.3. The van der Waals surface area contributed by atoms with Gasteiger partial charge in [-0.05, 0) is 79.5 Å². The number of rotatable bonds is 2. The largest absolute Gasteiger partial charge is 0.340 e. The summed E-state index contributed by atoms with van der Waals surface area (Å²) < 4.78 is 0. The van der Waals surface area contributed by atoms with Crippen molar-refractivity contribution in [3.8, 4) is 0 Å². The third-order valence-electron chi connectivity index (χ3n) is 8.58. The topological polar surface area (TPSA) is 40.6 Å². The average molecular weight is 417 g/mol. The molecule has 0 N–H and O–H groups in total. The number of carbonyl (C=O) groups excluding carboxylic acids is 2. The van der Waals surface area contributed by atoms with Crippen molar-refractivity contribution >= 4 is 22.6 Å². The van der Waals surface area contributed by atoms with Gasteiger partial charge in [-0.15, -0.1) is 0 Å². The first-order valence-corrected chi connectivity index (χ1v) is 12.2. The molecule has 0 unspecified atom stereocenters. The molecule has 2 aromatic rings. The Balaban J connectivity index is 1.18. The van der Waals surface area contributed by atoms with Crippen LogP contribution in [0.2, 0.25) is 0 Å². The first kappa shape index (κ1) is 19.3. The minimum absolute atomic E-state index is 0.0798. The minimum Gasteiger partial charge on any atom is -0.340 e. The van der Waals surface area contributed by atoms with Gasteiger partial charge in [-0.25, -0.2) is 0 Å². The molecule has 5 fully saturated rings. The summed E-state index contributed by atoms with van der Waals surface area (Å²) >= 11 is 0. The van der Waals surface area contributed by atoms with Gasteiger partial charge in [0.2, 0.25) is 5.91 Å². The fourth-order valence-electron chi connectivity index (χ4n) is 7.61. The SMILES string of the molecule is O=C(c1cccc2ccccc12)N1CCCN(C(=O)C23CC4CC(CC(C4)C2)C3)CC1. The standard InChI is InChI=1S/C27H32N2O2/c30-25(24-8-3-6-22-5-1-2-7-23(22)24)28-9-4-10-29(12-11-28)26(31)27-16-19-13-20(17-27)15-21(14-19)18-27/h1-3,5-8,19-21H,4,9-18H2. The molecule has 0 spiro atoms. The van der Waals surface area contributed by atoms with Gasteiger partial charge in [0.25, 0.3) is 5.91 Å². The first-order chi connectivity index (χ1) is 15.1. The number of amides is 2. The van der Waals surface area contributed by atoms with Crippen molar-refractivity contribution in [2.75, 3.05) is 26.2 Å². The van der Waals surface area contributed by atoms with E-state index < -0.39 is 0 Å². The Morgan fingerprint density at radius 3 is 2.10 bits per heavy atom. The molecule has 2 aromatic carbocycles. The van der Waals surface area contributed by atoms with Crippen LogP contribution in [0.4, 0.5) is 0 Å². The summed E-state index contributed by atoms with van der Waals surface area (Å²) in [4.78, 5) is 31.2. The first-order valence-electron chi connectivity index (χ1n) is 12.2. The van der Waals surface area contributed by atoms with E-state index in [0.29, 0.717) is 19.0 Å². The van der Waals surface area contributed by atoms with Crippen LogP contribution < -0.4 is 0 Å². The highest BCUT2D eigenvalue weighted by Gasteiger charge is 2.55. The molecule has 4 bridgehead atoms. The highest BCUT2D eigenvalue weighted by Crippen LogP contribution is 2.60. The summed E-state index contributed by atoms with van der Waals surface area (Å²) in [5.41, 5.74) is 0.697. The smallest absolute Gasteiger partial charge is 0.254 e. The van der Waals surface area contributed by atoms with Gasteiger partial charge in [0.1, 0.15) is 0 Å².